The van der Waals surface area contributed by atoms with Crippen LogP contribution in [0.3, 0.4) is 0 Å². The van der Waals surface area contributed by atoms with Gasteiger partial charge < -0.3 is 19.9 Å². The molecule has 6 rings (SSSR count). The first-order chi connectivity index (χ1) is 17.7. The molecule has 4 saturated carbocycles. The number of urea groups is 1. The van der Waals surface area contributed by atoms with E-state index in [0.29, 0.717) is 38.4 Å². The maximum atomic E-state index is 15.2. The van der Waals surface area contributed by atoms with Gasteiger partial charge in [0.05, 0.1) is 26.3 Å². The molecule has 1 heterocycles. The van der Waals surface area contributed by atoms with E-state index in [0.717, 1.165) is 43.1 Å². The highest BCUT2D eigenvalue weighted by Crippen LogP contribution is 2.60. The molecule has 0 radical (unpaired) electrons. The molecule has 1 aromatic carbocycles. The Morgan fingerprint density at radius 1 is 1.05 bits per heavy atom. The first kappa shape index (κ1) is 26.0. The van der Waals surface area contributed by atoms with E-state index in [4.69, 9.17) is 4.74 Å². The van der Waals surface area contributed by atoms with Gasteiger partial charge in [-0.25, -0.2) is 9.18 Å². The Bertz CT molecular complexity index is 1010. The first-order valence-corrected chi connectivity index (χ1v) is 13.2. The minimum Gasteiger partial charge on any atom is -0.378 e. The van der Waals surface area contributed by atoms with Crippen LogP contribution in [0.25, 0.3) is 0 Å². The predicted octanol–water partition coefficient (Wildman–Crippen LogP) is 3.86. The lowest BCUT2D eigenvalue weighted by Gasteiger charge is -2.58. The van der Waals surface area contributed by atoms with Gasteiger partial charge in [-0.05, 0) is 67.8 Å². The molecule has 0 spiro atoms. The molecule has 1 N–H and O–H groups in total. The highest BCUT2D eigenvalue weighted by molar-refractivity contribution is 5.99. The van der Waals surface area contributed by atoms with Crippen molar-refractivity contribution in [1.29, 1.82) is 0 Å². The summed E-state index contributed by atoms with van der Waals surface area (Å²) in [6.45, 7) is 1.98. The number of hydrogen-bond donors (Lipinski definition) is 1. The van der Waals surface area contributed by atoms with Crippen molar-refractivity contribution in [1.82, 2.24) is 15.1 Å². The van der Waals surface area contributed by atoms with E-state index in [2.05, 4.69) is 0 Å². The van der Waals surface area contributed by atoms with Crippen LogP contribution in [-0.2, 0) is 16.1 Å². The Hall–Kier alpha value is -2.62. The average molecular weight is 522 g/mol. The van der Waals surface area contributed by atoms with Crippen LogP contribution in [0.1, 0.15) is 54.4 Å². The summed E-state index contributed by atoms with van der Waals surface area (Å²) in [4.78, 5) is 40.5. The molecule has 0 aromatic heterocycles. The second kappa shape index (κ2) is 10.6. The maximum absolute atomic E-state index is 15.2. The molecule has 5 aliphatic rings. The van der Waals surface area contributed by atoms with Gasteiger partial charge in [0.2, 0.25) is 0 Å². The average Bonchev–Trinajstić information content (AvgIpc) is 2.86. The Labute approximate surface area is 214 Å². The van der Waals surface area contributed by atoms with E-state index >= 15 is 4.39 Å². The number of rotatable bonds is 8. The minimum absolute atomic E-state index is 0.0250. The van der Waals surface area contributed by atoms with E-state index in [-0.39, 0.29) is 23.6 Å². The molecule has 1 aliphatic heterocycles. The third kappa shape index (κ3) is 5.78. The number of Topliss-reactive ketones (excluding diaryl/α,β-unsaturated/α-hetero) is 1. The van der Waals surface area contributed by atoms with Gasteiger partial charge >= 0.3 is 12.5 Å². The SMILES string of the molecule is O=C(CNC(=O)C(F)F)c1ccc(CN(CC23CC4CC(CC(C4)C2)C3)C(=O)N2CCOCC2)c(F)c1. The van der Waals surface area contributed by atoms with Crippen molar-refractivity contribution >= 4 is 17.7 Å². The molecule has 1 aromatic rings. The maximum Gasteiger partial charge on any atom is 0.320 e. The van der Waals surface area contributed by atoms with E-state index in [1.54, 1.807) is 9.80 Å². The zero-order chi connectivity index (χ0) is 26.2. The van der Waals surface area contributed by atoms with Gasteiger partial charge in [0, 0.05) is 30.8 Å². The van der Waals surface area contributed by atoms with Crippen molar-refractivity contribution in [3.8, 4) is 0 Å². The van der Waals surface area contributed by atoms with Crippen molar-refractivity contribution in [2.75, 3.05) is 39.4 Å². The molecule has 7 nitrogen and oxygen atoms in total. The number of carbonyl (C=O) groups is 3. The predicted molar refractivity (Wildman–Crippen MR) is 129 cm³/mol. The van der Waals surface area contributed by atoms with E-state index in [1.165, 1.54) is 31.4 Å². The number of ether oxygens (including phenoxy) is 1. The molecule has 37 heavy (non-hydrogen) atoms. The van der Waals surface area contributed by atoms with E-state index in [1.807, 2.05) is 5.32 Å². The number of alkyl halides is 2. The van der Waals surface area contributed by atoms with Crippen molar-refractivity contribution in [3.63, 3.8) is 0 Å². The zero-order valence-corrected chi connectivity index (χ0v) is 20.9. The van der Waals surface area contributed by atoms with E-state index < -0.39 is 30.5 Å². The van der Waals surface area contributed by atoms with Gasteiger partial charge in [-0.1, -0.05) is 12.1 Å². The molecule has 4 bridgehead atoms. The number of amides is 3. The van der Waals surface area contributed by atoms with Crippen LogP contribution < -0.4 is 5.32 Å². The lowest BCUT2D eigenvalue weighted by Crippen LogP contribution is -2.55. The molecular formula is C27H34F3N3O4. The lowest BCUT2D eigenvalue weighted by atomic mass is 9.49. The van der Waals surface area contributed by atoms with Crippen LogP contribution in [0.15, 0.2) is 18.2 Å². The summed E-state index contributed by atoms with van der Waals surface area (Å²) in [5.41, 5.74) is 0.342. The molecule has 5 fully saturated rings. The zero-order valence-electron chi connectivity index (χ0n) is 20.9. The third-order valence-electron chi connectivity index (χ3n) is 8.60. The highest BCUT2D eigenvalue weighted by atomic mass is 19.3. The van der Waals surface area contributed by atoms with Crippen molar-refractivity contribution in [3.05, 3.63) is 35.1 Å². The summed E-state index contributed by atoms with van der Waals surface area (Å²) in [7, 11) is 0. The Morgan fingerprint density at radius 2 is 1.68 bits per heavy atom. The van der Waals surface area contributed by atoms with Gasteiger partial charge in [0.25, 0.3) is 5.91 Å². The highest BCUT2D eigenvalue weighted by Gasteiger charge is 2.52. The summed E-state index contributed by atoms with van der Waals surface area (Å²) in [5.74, 6) is -0.699. The fourth-order valence-corrected chi connectivity index (χ4v) is 7.44. The molecule has 10 heteroatoms. The molecule has 1 saturated heterocycles. The monoisotopic (exact) mass is 521 g/mol. The number of halogens is 3. The van der Waals surface area contributed by atoms with Gasteiger partial charge in [-0.15, -0.1) is 0 Å². The van der Waals surface area contributed by atoms with Crippen LogP contribution in [0.4, 0.5) is 18.0 Å². The standard InChI is InChI=1S/C27H34F3N3O4/c28-22-10-20(23(34)14-31-25(35)24(29)30)1-2-21(22)15-33(26(36)32-3-5-37-6-4-32)16-27-11-17-7-18(12-27)9-19(8-17)13-27/h1-2,10,17-19,24H,3-9,11-16H2,(H,31,35). The molecule has 0 unspecified atom stereocenters. The smallest absolute Gasteiger partial charge is 0.320 e. The summed E-state index contributed by atoms with van der Waals surface area (Å²) >= 11 is 0. The third-order valence-corrected chi connectivity index (χ3v) is 8.60. The molecule has 202 valence electrons. The topological polar surface area (TPSA) is 79.0 Å². The Kier molecular flexibility index (Phi) is 7.47. The van der Waals surface area contributed by atoms with Crippen molar-refractivity contribution < 1.29 is 32.3 Å². The van der Waals surface area contributed by atoms with Crippen LogP contribution in [0, 0.1) is 29.0 Å². The number of benzene rings is 1. The second-order valence-electron chi connectivity index (χ2n) is 11.4. The van der Waals surface area contributed by atoms with Crippen LogP contribution in [0.2, 0.25) is 0 Å². The molecular weight excluding hydrogens is 487 g/mol. The fourth-order valence-electron chi connectivity index (χ4n) is 7.44. The fraction of sp³-hybridized carbons (Fsp3) is 0.667. The van der Waals surface area contributed by atoms with Crippen LogP contribution >= 0.6 is 0 Å². The number of hydrogen-bond acceptors (Lipinski definition) is 4. The Morgan fingerprint density at radius 3 is 2.24 bits per heavy atom. The van der Waals surface area contributed by atoms with Crippen LogP contribution in [0.5, 0.6) is 0 Å². The quantitative estimate of drug-likeness (QED) is 0.527. The summed E-state index contributed by atoms with van der Waals surface area (Å²) in [6.07, 6.45) is 4.00. The second-order valence-corrected chi connectivity index (χ2v) is 11.4. The van der Waals surface area contributed by atoms with Crippen molar-refractivity contribution in [2.24, 2.45) is 23.2 Å². The minimum atomic E-state index is -3.23. The molecule has 3 amide bonds. The largest absolute Gasteiger partial charge is 0.378 e. The lowest BCUT2D eigenvalue weighted by molar-refractivity contribution is -0.131. The van der Waals surface area contributed by atoms with Crippen molar-refractivity contribution in [2.45, 2.75) is 51.5 Å². The number of morpholine rings is 1. The van der Waals surface area contributed by atoms with Gasteiger partial charge in [-0.2, -0.15) is 8.78 Å². The normalized spacial score (nSPS) is 28.4. The number of nitrogens with one attached hydrogen (secondary N) is 1. The Balaban J connectivity index is 1.32. The van der Waals surface area contributed by atoms with Gasteiger partial charge in [0.1, 0.15) is 5.82 Å². The van der Waals surface area contributed by atoms with Gasteiger partial charge in [0.15, 0.2) is 5.78 Å². The number of ketones is 1. The molecule has 0 atom stereocenters. The van der Waals surface area contributed by atoms with Crippen LogP contribution in [-0.4, -0.2) is 73.3 Å². The molecule has 4 aliphatic carbocycles. The summed E-state index contributed by atoms with van der Waals surface area (Å²) in [6, 6.07) is 3.82. The van der Waals surface area contributed by atoms with Gasteiger partial charge in [-0.3, -0.25) is 9.59 Å². The number of nitrogens with zero attached hydrogens (tertiary/aromatic N) is 2. The summed E-state index contributed by atoms with van der Waals surface area (Å²) < 4.78 is 45.3. The van der Waals surface area contributed by atoms with E-state index in [9.17, 15) is 23.2 Å². The number of carbonyl (C=O) groups excluding carboxylic acids is 3. The first-order valence-electron chi connectivity index (χ1n) is 13.2. The summed E-state index contributed by atoms with van der Waals surface area (Å²) in [5, 5.41) is 1.84.